The molecule has 0 saturated carbocycles. The minimum atomic E-state index is 0.0150. The highest BCUT2D eigenvalue weighted by Crippen LogP contribution is 2.30. The number of piperazine rings is 1. The predicted octanol–water partition coefficient (Wildman–Crippen LogP) is 1.64. The Morgan fingerprint density at radius 1 is 1.08 bits per heavy atom. The van der Waals surface area contributed by atoms with Gasteiger partial charge in [-0.2, -0.15) is 0 Å². The normalized spacial score (nSPS) is 17.0. The number of rotatable bonds is 2. The van der Waals surface area contributed by atoms with Gasteiger partial charge in [-0.25, -0.2) is 4.79 Å². The molecule has 2 aliphatic heterocycles. The molecule has 130 valence electrons. The van der Waals surface area contributed by atoms with Crippen LogP contribution in [0, 0.1) is 0 Å². The number of hydrogen-bond acceptors (Lipinski definition) is 3. The molecule has 0 spiro atoms. The summed E-state index contributed by atoms with van der Waals surface area (Å²) in [6.45, 7) is 3.73. The van der Waals surface area contributed by atoms with E-state index in [0.29, 0.717) is 32.7 Å². The van der Waals surface area contributed by atoms with Gasteiger partial charge in [-0.15, -0.1) is 0 Å². The zero-order valence-corrected chi connectivity index (χ0v) is 15.8. The lowest BCUT2D eigenvalue weighted by Gasteiger charge is -2.36. The van der Waals surface area contributed by atoms with Gasteiger partial charge >= 0.3 is 6.03 Å². The van der Waals surface area contributed by atoms with Crippen LogP contribution in [0.15, 0.2) is 22.7 Å². The molecule has 3 amide bonds. The van der Waals surface area contributed by atoms with Crippen LogP contribution >= 0.6 is 15.9 Å². The average molecular weight is 395 g/mol. The molecule has 0 aromatic heterocycles. The van der Waals surface area contributed by atoms with Gasteiger partial charge in [0.15, 0.2) is 0 Å². The maximum atomic E-state index is 12.6. The number of benzene rings is 1. The number of anilines is 1. The minimum absolute atomic E-state index is 0.0150. The lowest BCUT2D eigenvalue weighted by molar-refractivity contribution is -0.131. The molecule has 0 bridgehead atoms. The Morgan fingerprint density at radius 3 is 2.42 bits per heavy atom. The molecule has 0 N–H and O–H groups in total. The lowest BCUT2D eigenvalue weighted by atomic mass is 10.2. The Morgan fingerprint density at radius 2 is 1.75 bits per heavy atom. The van der Waals surface area contributed by atoms with Gasteiger partial charge in [0.1, 0.15) is 0 Å². The highest BCUT2D eigenvalue weighted by molar-refractivity contribution is 9.10. The third-order valence-electron chi connectivity index (χ3n) is 4.64. The van der Waals surface area contributed by atoms with Gasteiger partial charge in [-0.05, 0) is 30.2 Å². The number of fused-ring (bicyclic) bond motifs is 1. The first-order valence-corrected chi connectivity index (χ1v) is 9.02. The third-order valence-corrected chi connectivity index (χ3v) is 5.14. The van der Waals surface area contributed by atoms with Crippen molar-refractivity contribution in [1.82, 2.24) is 14.7 Å². The van der Waals surface area contributed by atoms with Gasteiger partial charge in [0.05, 0.1) is 6.54 Å². The predicted molar refractivity (Wildman–Crippen MR) is 97.3 cm³/mol. The van der Waals surface area contributed by atoms with Crippen molar-refractivity contribution in [3.05, 3.63) is 28.2 Å². The highest BCUT2D eigenvalue weighted by Gasteiger charge is 2.27. The number of hydrogen-bond donors (Lipinski definition) is 0. The zero-order chi connectivity index (χ0) is 17.3. The van der Waals surface area contributed by atoms with E-state index < -0.39 is 0 Å². The number of halogens is 1. The summed E-state index contributed by atoms with van der Waals surface area (Å²) in [4.78, 5) is 32.0. The topological polar surface area (TPSA) is 47.1 Å². The molecular formula is C17H23BrN4O2. The van der Waals surface area contributed by atoms with Gasteiger partial charge in [-0.3, -0.25) is 4.79 Å². The van der Waals surface area contributed by atoms with Crippen molar-refractivity contribution in [3.63, 3.8) is 0 Å². The van der Waals surface area contributed by atoms with E-state index in [1.165, 1.54) is 5.56 Å². The summed E-state index contributed by atoms with van der Waals surface area (Å²) in [6.07, 6.45) is 0.979. The molecule has 6 nitrogen and oxygen atoms in total. The van der Waals surface area contributed by atoms with Crippen molar-refractivity contribution in [2.75, 3.05) is 58.3 Å². The Balaban J connectivity index is 1.55. The molecule has 0 aliphatic carbocycles. The van der Waals surface area contributed by atoms with Crippen molar-refractivity contribution in [1.29, 1.82) is 0 Å². The second kappa shape index (κ2) is 7.01. The molecule has 1 fully saturated rings. The van der Waals surface area contributed by atoms with Crippen LogP contribution in [-0.4, -0.2) is 80.0 Å². The van der Waals surface area contributed by atoms with Crippen molar-refractivity contribution in [2.24, 2.45) is 0 Å². The van der Waals surface area contributed by atoms with Crippen LogP contribution in [0.5, 0.6) is 0 Å². The Kier molecular flexibility index (Phi) is 4.99. The van der Waals surface area contributed by atoms with E-state index in [4.69, 9.17) is 0 Å². The van der Waals surface area contributed by atoms with E-state index in [-0.39, 0.29) is 11.9 Å². The maximum Gasteiger partial charge on any atom is 0.319 e. The quantitative estimate of drug-likeness (QED) is 0.765. The van der Waals surface area contributed by atoms with Gasteiger partial charge in [0, 0.05) is 57.0 Å². The maximum absolute atomic E-state index is 12.6. The van der Waals surface area contributed by atoms with Crippen LogP contribution in [-0.2, 0) is 11.2 Å². The number of nitrogens with zero attached hydrogens (tertiary/aromatic N) is 4. The molecule has 2 heterocycles. The molecule has 1 aromatic rings. The number of carbonyl (C=O) groups is 2. The second-order valence-corrected chi connectivity index (χ2v) is 7.41. The van der Waals surface area contributed by atoms with Crippen LogP contribution in [0.25, 0.3) is 0 Å². The molecule has 7 heteroatoms. The summed E-state index contributed by atoms with van der Waals surface area (Å²) in [5, 5.41) is 0. The number of amides is 3. The first-order valence-electron chi connectivity index (χ1n) is 8.23. The van der Waals surface area contributed by atoms with Crippen LogP contribution < -0.4 is 4.90 Å². The second-order valence-electron chi connectivity index (χ2n) is 6.49. The van der Waals surface area contributed by atoms with Gasteiger partial charge in [0.2, 0.25) is 5.91 Å². The summed E-state index contributed by atoms with van der Waals surface area (Å²) in [5.74, 6) is 0.141. The molecule has 1 saturated heterocycles. The molecule has 3 rings (SSSR count). The van der Waals surface area contributed by atoms with Crippen LogP contribution in [0.4, 0.5) is 10.5 Å². The molecule has 1 aromatic carbocycles. The SMILES string of the molecule is CN(C)C(=O)N1CCN(C(=O)CN2CCc3cc(Br)ccc32)CC1. The van der Waals surface area contributed by atoms with Crippen LogP contribution in [0.3, 0.4) is 0 Å². The van der Waals surface area contributed by atoms with E-state index in [0.717, 1.165) is 23.1 Å². The number of carbonyl (C=O) groups excluding carboxylic acids is 2. The van der Waals surface area contributed by atoms with E-state index in [9.17, 15) is 9.59 Å². The fourth-order valence-electron chi connectivity index (χ4n) is 3.30. The first kappa shape index (κ1) is 17.1. The molecular weight excluding hydrogens is 372 g/mol. The van der Waals surface area contributed by atoms with Gasteiger partial charge < -0.3 is 19.6 Å². The van der Waals surface area contributed by atoms with Crippen molar-refractivity contribution in [2.45, 2.75) is 6.42 Å². The van der Waals surface area contributed by atoms with E-state index in [1.807, 2.05) is 11.0 Å². The fraction of sp³-hybridized carbons (Fsp3) is 0.529. The zero-order valence-electron chi connectivity index (χ0n) is 14.2. The molecule has 24 heavy (non-hydrogen) atoms. The minimum Gasteiger partial charge on any atom is -0.362 e. The third kappa shape index (κ3) is 3.50. The van der Waals surface area contributed by atoms with Crippen molar-refractivity contribution < 1.29 is 9.59 Å². The Labute approximate surface area is 151 Å². The summed E-state index contributed by atoms with van der Waals surface area (Å²) < 4.78 is 1.08. The largest absolute Gasteiger partial charge is 0.362 e. The summed E-state index contributed by atoms with van der Waals surface area (Å²) in [6, 6.07) is 6.24. The summed E-state index contributed by atoms with van der Waals surface area (Å²) in [5.41, 5.74) is 2.45. The van der Waals surface area contributed by atoms with Gasteiger partial charge in [-0.1, -0.05) is 15.9 Å². The van der Waals surface area contributed by atoms with Gasteiger partial charge in [0.25, 0.3) is 0 Å². The van der Waals surface area contributed by atoms with E-state index >= 15 is 0 Å². The monoisotopic (exact) mass is 394 g/mol. The smallest absolute Gasteiger partial charge is 0.319 e. The fourth-order valence-corrected chi connectivity index (χ4v) is 3.70. The first-order chi connectivity index (χ1) is 11.5. The highest BCUT2D eigenvalue weighted by atomic mass is 79.9. The Hall–Kier alpha value is -1.76. The summed E-state index contributed by atoms with van der Waals surface area (Å²) >= 11 is 3.50. The molecule has 0 atom stereocenters. The Bertz CT molecular complexity index is 641. The number of urea groups is 1. The van der Waals surface area contributed by atoms with Crippen molar-refractivity contribution in [3.8, 4) is 0 Å². The van der Waals surface area contributed by atoms with Crippen LogP contribution in [0.2, 0.25) is 0 Å². The molecule has 2 aliphatic rings. The average Bonchev–Trinajstić information content (AvgIpc) is 2.96. The molecule has 0 radical (unpaired) electrons. The summed E-state index contributed by atoms with van der Waals surface area (Å²) in [7, 11) is 3.51. The molecule has 0 unspecified atom stereocenters. The van der Waals surface area contributed by atoms with E-state index in [2.05, 4.69) is 33.0 Å². The van der Waals surface area contributed by atoms with Crippen LogP contribution in [0.1, 0.15) is 5.56 Å². The van der Waals surface area contributed by atoms with Crippen molar-refractivity contribution >= 4 is 33.6 Å². The van der Waals surface area contributed by atoms with E-state index in [1.54, 1.807) is 23.9 Å². The standard InChI is InChI=1S/C17H23BrN4O2/c1-19(2)17(24)21-9-7-20(8-10-21)16(23)12-22-6-5-13-11-14(18)3-4-15(13)22/h3-4,11H,5-10,12H2,1-2H3. The lowest BCUT2D eigenvalue weighted by Crippen LogP contribution is -2.54.